The maximum absolute atomic E-state index is 12.3. The van der Waals surface area contributed by atoms with Crippen molar-refractivity contribution in [1.82, 2.24) is 9.88 Å². The van der Waals surface area contributed by atoms with Gasteiger partial charge in [-0.3, -0.25) is 4.79 Å². The van der Waals surface area contributed by atoms with Gasteiger partial charge in [0.2, 0.25) is 0 Å². The average Bonchev–Trinajstić information content (AvgIpc) is 3.12. The molecule has 1 amide bonds. The molecule has 4 rings (SSSR count). The summed E-state index contributed by atoms with van der Waals surface area (Å²) in [6.07, 6.45) is 0. The molecule has 0 aliphatic heterocycles. The van der Waals surface area contributed by atoms with Crippen molar-refractivity contribution in [2.24, 2.45) is 0 Å². The molecule has 1 N–H and O–H groups in total. The second-order valence-electron chi connectivity index (χ2n) is 6.67. The van der Waals surface area contributed by atoms with E-state index < -0.39 is 0 Å². The van der Waals surface area contributed by atoms with Gasteiger partial charge in [-0.05, 0) is 35.4 Å². The number of carbonyl (C=O) groups is 1. The highest BCUT2D eigenvalue weighted by Crippen LogP contribution is 2.22. The highest BCUT2D eigenvalue weighted by atomic mass is 16.5. The molecule has 0 saturated carbocycles. The molecule has 0 aliphatic rings. The molecular formula is C24H22N2O2. The van der Waals surface area contributed by atoms with E-state index in [1.54, 1.807) is 7.05 Å². The van der Waals surface area contributed by atoms with Gasteiger partial charge in [0.05, 0.1) is 0 Å². The van der Waals surface area contributed by atoms with Crippen LogP contribution in [0.3, 0.4) is 0 Å². The molecule has 1 heterocycles. The van der Waals surface area contributed by atoms with Crippen molar-refractivity contribution >= 4 is 16.8 Å². The predicted octanol–water partition coefficient (Wildman–Crippen LogP) is 4.63. The number of ether oxygens (including phenoxy) is 1. The van der Waals surface area contributed by atoms with Crippen LogP contribution in [0.25, 0.3) is 10.9 Å². The highest BCUT2D eigenvalue weighted by molar-refractivity contribution is 5.98. The molecule has 0 saturated heterocycles. The van der Waals surface area contributed by atoms with E-state index in [0.29, 0.717) is 18.8 Å². The van der Waals surface area contributed by atoms with Gasteiger partial charge < -0.3 is 14.6 Å². The van der Waals surface area contributed by atoms with E-state index in [1.165, 1.54) is 0 Å². The number of rotatable bonds is 6. The van der Waals surface area contributed by atoms with Crippen LogP contribution in [0.15, 0.2) is 84.9 Å². The first-order valence-corrected chi connectivity index (χ1v) is 9.30. The smallest absolute Gasteiger partial charge is 0.267 e. The number of aromatic nitrogens is 1. The van der Waals surface area contributed by atoms with Crippen LogP contribution in [0.1, 0.15) is 21.6 Å². The van der Waals surface area contributed by atoms with Gasteiger partial charge in [-0.25, -0.2) is 0 Å². The van der Waals surface area contributed by atoms with E-state index in [-0.39, 0.29) is 5.91 Å². The monoisotopic (exact) mass is 370 g/mol. The molecule has 1 aromatic heterocycles. The Morgan fingerprint density at radius 1 is 0.893 bits per heavy atom. The molecule has 140 valence electrons. The summed E-state index contributed by atoms with van der Waals surface area (Å²) in [4.78, 5) is 12.3. The zero-order valence-corrected chi connectivity index (χ0v) is 15.8. The number of nitrogens with zero attached hydrogens (tertiary/aromatic N) is 1. The van der Waals surface area contributed by atoms with Crippen molar-refractivity contribution in [3.8, 4) is 5.75 Å². The fourth-order valence-corrected chi connectivity index (χ4v) is 3.31. The summed E-state index contributed by atoms with van der Waals surface area (Å²) >= 11 is 0. The van der Waals surface area contributed by atoms with Crippen LogP contribution in [-0.2, 0) is 13.2 Å². The van der Waals surface area contributed by atoms with Gasteiger partial charge in [0.15, 0.2) is 0 Å². The first kappa shape index (κ1) is 17.9. The highest BCUT2D eigenvalue weighted by Gasteiger charge is 2.14. The number of carbonyl (C=O) groups excluding carboxylic acids is 1. The molecular weight excluding hydrogens is 348 g/mol. The van der Waals surface area contributed by atoms with Crippen LogP contribution in [0, 0.1) is 0 Å². The van der Waals surface area contributed by atoms with Gasteiger partial charge in [-0.15, -0.1) is 0 Å². The number of nitrogens with one attached hydrogen (secondary N) is 1. The first-order chi connectivity index (χ1) is 13.7. The van der Waals surface area contributed by atoms with Crippen LogP contribution < -0.4 is 10.1 Å². The third-order valence-corrected chi connectivity index (χ3v) is 4.78. The Labute approximate surface area is 164 Å². The van der Waals surface area contributed by atoms with Crippen molar-refractivity contribution < 1.29 is 9.53 Å². The van der Waals surface area contributed by atoms with Crippen LogP contribution in [0.2, 0.25) is 0 Å². The minimum Gasteiger partial charge on any atom is -0.489 e. The first-order valence-electron chi connectivity index (χ1n) is 9.30. The molecule has 0 radical (unpaired) electrons. The topological polar surface area (TPSA) is 43.3 Å². The lowest BCUT2D eigenvalue weighted by Gasteiger charge is -2.11. The number of benzene rings is 3. The van der Waals surface area contributed by atoms with Gasteiger partial charge >= 0.3 is 0 Å². The van der Waals surface area contributed by atoms with Crippen molar-refractivity contribution in [2.45, 2.75) is 13.2 Å². The van der Waals surface area contributed by atoms with Crippen LogP contribution in [-0.4, -0.2) is 17.5 Å². The average molecular weight is 370 g/mol. The Morgan fingerprint density at radius 2 is 1.61 bits per heavy atom. The number of hydrogen-bond acceptors (Lipinski definition) is 2. The summed E-state index contributed by atoms with van der Waals surface area (Å²) in [5.41, 5.74) is 3.96. The zero-order chi connectivity index (χ0) is 19.3. The van der Waals surface area contributed by atoms with E-state index in [0.717, 1.165) is 27.8 Å². The largest absolute Gasteiger partial charge is 0.489 e. The Bertz CT molecular complexity index is 1080. The number of amides is 1. The van der Waals surface area contributed by atoms with Gasteiger partial charge in [0.1, 0.15) is 18.1 Å². The fourth-order valence-electron chi connectivity index (χ4n) is 3.31. The summed E-state index contributed by atoms with van der Waals surface area (Å²) in [5.74, 6) is 0.746. The fraction of sp³-hybridized carbons (Fsp3) is 0.125. The van der Waals surface area contributed by atoms with E-state index >= 15 is 0 Å². The SMILES string of the molecule is CNC(=O)c1cc2ccccc2n1Cc1ccc(OCc2ccccc2)cc1. The van der Waals surface area contributed by atoms with Crippen molar-refractivity contribution in [1.29, 1.82) is 0 Å². The predicted molar refractivity (Wildman–Crippen MR) is 112 cm³/mol. The minimum atomic E-state index is -0.0842. The number of fused-ring (bicyclic) bond motifs is 1. The van der Waals surface area contributed by atoms with Gasteiger partial charge in [-0.2, -0.15) is 0 Å². The summed E-state index contributed by atoms with van der Waals surface area (Å²) < 4.78 is 7.91. The molecule has 0 aliphatic carbocycles. The van der Waals surface area contributed by atoms with E-state index in [4.69, 9.17) is 4.74 Å². The lowest BCUT2D eigenvalue weighted by Crippen LogP contribution is -2.21. The molecule has 0 atom stereocenters. The molecule has 4 heteroatoms. The second-order valence-corrected chi connectivity index (χ2v) is 6.67. The maximum Gasteiger partial charge on any atom is 0.267 e. The Morgan fingerprint density at radius 3 is 2.36 bits per heavy atom. The van der Waals surface area contributed by atoms with E-state index in [9.17, 15) is 4.79 Å². The van der Waals surface area contributed by atoms with Crippen molar-refractivity contribution in [2.75, 3.05) is 7.05 Å². The Hall–Kier alpha value is -3.53. The summed E-state index contributed by atoms with van der Waals surface area (Å²) in [6, 6.07) is 28.1. The van der Waals surface area contributed by atoms with Crippen LogP contribution in [0.4, 0.5) is 0 Å². The summed E-state index contributed by atoms with van der Waals surface area (Å²) in [6.45, 7) is 1.17. The summed E-state index contributed by atoms with van der Waals surface area (Å²) in [7, 11) is 1.66. The maximum atomic E-state index is 12.3. The third-order valence-electron chi connectivity index (χ3n) is 4.78. The minimum absolute atomic E-state index is 0.0842. The Kier molecular flexibility index (Phi) is 5.11. The molecule has 0 fully saturated rings. The van der Waals surface area contributed by atoms with Gasteiger partial charge in [-0.1, -0.05) is 60.7 Å². The third kappa shape index (κ3) is 3.76. The number of para-hydroxylation sites is 1. The lowest BCUT2D eigenvalue weighted by molar-refractivity contribution is 0.0955. The second kappa shape index (κ2) is 8.01. The zero-order valence-electron chi connectivity index (χ0n) is 15.8. The van der Waals surface area contributed by atoms with E-state index in [2.05, 4.69) is 5.32 Å². The quantitative estimate of drug-likeness (QED) is 0.538. The van der Waals surface area contributed by atoms with Crippen molar-refractivity contribution in [3.05, 3.63) is 102 Å². The molecule has 3 aromatic carbocycles. The van der Waals surface area contributed by atoms with Crippen LogP contribution >= 0.6 is 0 Å². The molecule has 0 bridgehead atoms. The van der Waals surface area contributed by atoms with Crippen LogP contribution in [0.5, 0.6) is 5.75 Å². The Balaban J connectivity index is 1.54. The van der Waals surface area contributed by atoms with E-state index in [1.807, 2.05) is 89.5 Å². The molecule has 4 nitrogen and oxygen atoms in total. The molecule has 28 heavy (non-hydrogen) atoms. The summed E-state index contributed by atoms with van der Waals surface area (Å²) in [5, 5.41) is 3.79. The molecule has 4 aromatic rings. The normalized spacial score (nSPS) is 10.8. The lowest BCUT2D eigenvalue weighted by atomic mass is 10.2. The molecule has 0 unspecified atom stereocenters. The van der Waals surface area contributed by atoms with Gasteiger partial charge in [0, 0.05) is 24.5 Å². The van der Waals surface area contributed by atoms with Gasteiger partial charge in [0.25, 0.3) is 5.91 Å². The van der Waals surface area contributed by atoms with Crippen molar-refractivity contribution in [3.63, 3.8) is 0 Å². The molecule has 0 spiro atoms. The number of hydrogen-bond donors (Lipinski definition) is 1. The standard InChI is InChI=1S/C24H22N2O2/c1-25-24(27)23-15-20-9-5-6-10-22(20)26(23)16-18-11-13-21(14-12-18)28-17-19-7-3-2-4-8-19/h2-15H,16-17H2,1H3,(H,25,27).